The van der Waals surface area contributed by atoms with Crippen LogP contribution in [0.2, 0.25) is 0 Å². The first-order chi connectivity index (χ1) is 10.9. The van der Waals surface area contributed by atoms with E-state index in [4.69, 9.17) is 10.5 Å². The van der Waals surface area contributed by atoms with Gasteiger partial charge in [-0.25, -0.2) is 0 Å². The van der Waals surface area contributed by atoms with Crippen LogP contribution in [0.4, 0.5) is 0 Å². The number of rotatable bonds is 6. The van der Waals surface area contributed by atoms with Crippen LogP contribution in [0.3, 0.4) is 0 Å². The molecule has 3 unspecified atom stereocenters. The summed E-state index contributed by atoms with van der Waals surface area (Å²) in [7, 11) is 0. The molecule has 0 aliphatic heterocycles. The molecule has 1 aromatic carbocycles. The fourth-order valence-electron chi connectivity index (χ4n) is 3.27. The lowest BCUT2D eigenvalue weighted by molar-refractivity contribution is -0.128. The van der Waals surface area contributed by atoms with E-state index in [1.807, 2.05) is 19.9 Å². The molecule has 0 spiro atoms. The monoisotopic (exact) mass is 354 g/mol. The summed E-state index contributed by atoms with van der Waals surface area (Å²) in [6, 6.07) is 6.37. The summed E-state index contributed by atoms with van der Waals surface area (Å²) in [5.74, 6) is 1.52. The summed E-state index contributed by atoms with van der Waals surface area (Å²) < 4.78 is 5.99. The fourth-order valence-corrected chi connectivity index (χ4v) is 3.27. The average molecular weight is 355 g/mol. The van der Waals surface area contributed by atoms with Gasteiger partial charge in [0.05, 0.1) is 0 Å². The number of hydrogen-bond donors (Lipinski definition) is 2. The Morgan fingerprint density at radius 3 is 2.67 bits per heavy atom. The number of nitrogens with one attached hydrogen (secondary N) is 1. The van der Waals surface area contributed by atoms with Gasteiger partial charge in [0.2, 0.25) is 0 Å². The number of carbonyl (C=O) groups is 1. The van der Waals surface area contributed by atoms with E-state index in [0.29, 0.717) is 18.4 Å². The van der Waals surface area contributed by atoms with Crippen molar-refractivity contribution in [2.45, 2.75) is 65.0 Å². The molecular weight excluding hydrogens is 324 g/mol. The Kier molecular flexibility index (Phi) is 8.04. The molecule has 1 fully saturated rings. The highest BCUT2D eigenvalue weighted by Crippen LogP contribution is 2.29. The number of amides is 1. The van der Waals surface area contributed by atoms with Crippen molar-refractivity contribution in [1.29, 1.82) is 0 Å². The van der Waals surface area contributed by atoms with Crippen LogP contribution in [0.15, 0.2) is 18.2 Å². The quantitative estimate of drug-likeness (QED) is 0.821. The zero-order valence-electron chi connectivity index (χ0n) is 15.2. The van der Waals surface area contributed by atoms with Gasteiger partial charge in [0.15, 0.2) is 6.10 Å². The Labute approximate surface area is 151 Å². The molecule has 5 heteroatoms. The standard InChI is InChI=1S/C19H30N2O2.ClH/c1-12(2)16-9-8-13(3)10-18(16)23-14(4)19(22)21-17-7-5-6-15(17)11-20;/h8-10,12,14-15,17H,5-7,11,20H2,1-4H3,(H,21,22);1H. The van der Waals surface area contributed by atoms with Crippen LogP contribution in [-0.4, -0.2) is 24.6 Å². The first-order valence-electron chi connectivity index (χ1n) is 8.70. The van der Waals surface area contributed by atoms with Crippen molar-refractivity contribution >= 4 is 18.3 Å². The Hall–Kier alpha value is -1.26. The second kappa shape index (κ2) is 9.28. The summed E-state index contributed by atoms with van der Waals surface area (Å²) in [5.41, 5.74) is 8.06. The molecule has 1 amide bonds. The van der Waals surface area contributed by atoms with E-state index in [9.17, 15) is 4.79 Å². The number of benzene rings is 1. The highest BCUT2D eigenvalue weighted by atomic mass is 35.5. The molecule has 136 valence electrons. The van der Waals surface area contributed by atoms with Crippen molar-refractivity contribution in [2.75, 3.05) is 6.54 Å². The number of hydrogen-bond acceptors (Lipinski definition) is 3. The van der Waals surface area contributed by atoms with Gasteiger partial charge in [0.25, 0.3) is 5.91 Å². The summed E-state index contributed by atoms with van der Waals surface area (Å²) in [6.07, 6.45) is 2.75. The van der Waals surface area contributed by atoms with Crippen LogP contribution in [-0.2, 0) is 4.79 Å². The Bertz CT molecular complexity index is 548. The van der Waals surface area contributed by atoms with E-state index >= 15 is 0 Å². The van der Waals surface area contributed by atoms with E-state index in [-0.39, 0.29) is 24.4 Å². The van der Waals surface area contributed by atoms with Crippen LogP contribution in [0.1, 0.15) is 57.1 Å². The predicted molar refractivity (Wildman–Crippen MR) is 101 cm³/mol. The van der Waals surface area contributed by atoms with Gasteiger partial charge in [0, 0.05) is 6.04 Å². The van der Waals surface area contributed by atoms with E-state index in [1.165, 1.54) is 0 Å². The maximum atomic E-state index is 12.5. The van der Waals surface area contributed by atoms with Crippen LogP contribution in [0.25, 0.3) is 0 Å². The van der Waals surface area contributed by atoms with E-state index in [0.717, 1.165) is 36.1 Å². The minimum absolute atomic E-state index is 0. The molecule has 0 radical (unpaired) electrons. The van der Waals surface area contributed by atoms with Crippen LogP contribution in [0.5, 0.6) is 5.75 Å². The van der Waals surface area contributed by atoms with E-state index in [1.54, 1.807) is 0 Å². The summed E-state index contributed by atoms with van der Waals surface area (Å²) in [5, 5.41) is 3.12. The van der Waals surface area contributed by atoms with Crippen molar-refractivity contribution in [3.05, 3.63) is 29.3 Å². The zero-order chi connectivity index (χ0) is 17.0. The topological polar surface area (TPSA) is 64.3 Å². The molecule has 24 heavy (non-hydrogen) atoms. The number of ether oxygens (including phenoxy) is 1. The Morgan fingerprint density at radius 1 is 1.33 bits per heavy atom. The first-order valence-corrected chi connectivity index (χ1v) is 8.70. The van der Waals surface area contributed by atoms with Crippen LogP contribution in [0, 0.1) is 12.8 Å². The molecule has 0 bridgehead atoms. The minimum Gasteiger partial charge on any atom is -0.481 e. The summed E-state index contributed by atoms with van der Waals surface area (Å²) in [4.78, 5) is 12.5. The minimum atomic E-state index is -0.506. The second-order valence-electron chi connectivity index (χ2n) is 7.00. The number of carbonyl (C=O) groups excluding carboxylic acids is 1. The summed E-state index contributed by atoms with van der Waals surface area (Å²) in [6.45, 7) is 8.75. The van der Waals surface area contributed by atoms with Gasteiger partial charge in [-0.3, -0.25) is 4.79 Å². The smallest absolute Gasteiger partial charge is 0.261 e. The molecule has 0 heterocycles. The van der Waals surface area contributed by atoms with Crippen molar-refractivity contribution in [3.63, 3.8) is 0 Å². The SMILES string of the molecule is Cc1ccc(C(C)C)c(OC(C)C(=O)NC2CCCC2CN)c1.Cl. The Morgan fingerprint density at radius 2 is 2.04 bits per heavy atom. The molecule has 2 rings (SSSR count). The van der Waals surface area contributed by atoms with Gasteiger partial charge in [-0.15, -0.1) is 12.4 Å². The molecule has 0 aromatic heterocycles. The molecule has 3 N–H and O–H groups in total. The third-order valence-electron chi connectivity index (χ3n) is 4.75. The largest absolute Gasteiger partial charge is 0.481 e. The van der Waals surface area contributed by atoms with Crippen molar-refractivity contribution in [2.24, 2.45) is 11.7 Å². The molecule has 3 atom stereocenters. The maximum Gasteiger partial charge on any atom is 0.261 e. The molecule has 4 nitrogen and oxygen atoms in total. The van der Waals surface area contributed by atoms with Crippen LogP contribution < -0.4 is 15.8 Å². The number of nitrogens with two attached hydrogens (primary N) is 1. The van der Waals surface area contributed by atoms with Crippen molar-refractivity contribution in [1.82, 2.24) is 5.32 Å². The second-order valence-corrected chi connectivity index (χ2v) is 7.00. The first kappa shape index (κ1) is 20.8. The fraction of sp³-hybridized carbons (Fsp3) is 0.632. The molecule has 1 saturated carbocycles. The predicted octanol–water partition coefficient (Wildman–Crippen LogP) is 3.55. The van der Waals surface area contributed by atoms with Crippen molar-refractivity contribution in [3.8, 4) is 5.75 Å². The van der Waals surface area contributed by atoms with Gasteiger partial charge in [-0.2, -0.15) is 0 Å². The third-order valence-corrected chi connectivity index (χ3v) is 4.75. The van der Waals surface area contributed by atoms with Gasteiger partial charge < -0.3 is 15.8 Å². The van der Waals surface area contributed by atoms with Gasteiger partial charge >= 0.3 is 0 Å². The summed E-state index contributed by atoms with van der Waals surface area (Å²) >= 11 is 0. The molecular formula is C19H31ClN2O2. The highest BCUT2D eigenvalue weighted by molar-refractivity contribution is 5.85. The molecule has 1 aromatic rings. The molecule has 1 aliphatic rings. The maximum absolute atomic E-state index is 12.5. The lowest BCUT2D eigenvalue weighted by Crippen LogP contribution is -2.45. The third kappa shape index (κ3) is 5.12. The van der Waals surface area contributed by atoms with E-state index in [2.05, 4.69) is 31.3 Å². The average Bonchev–Trinajstić information content (AvgIpc) is 2.94. The van der Waals surface area contributed by atoms with E-state index < -0.39 is 6.10 Å². The Balaban J connectivity index is 0.00000288. The van der Waals surface area contributed by atoms with Gasteiger partial charge in [0.1, 0.15) is 5.75 Å². The van der Waals surface area contributed by atoms with Crippen molar-refractivity contribution < 1.29 is 9.53 Å². The van der Waals surface area contributed by atoms with Gasteiger partial charge in [-0.1, -0.05) is 32.4 Å². The number of aryl methyl sites for hydroxylation is 1. The zero-order valence-corrected chi connectivity index (χ0v) is 16.0. The normalized spacial score (nSPS) is 21.2. The highest BCUT2D eigenvalue weighted by Gasteiger charge is 2.29. The van der Waals surface area contributed by atoms with Gasteiger partial charge in [-0.05, 0) is 62.3 Å². The molecule has 0 saturated heterocycles. The lowest BCUT2D eigenvalue weighted by atomic mass is 10.0. The number of halogens is 1. The molecule has 1 aliphatic carbocycles. The lowest BCUT2D eigenvalue weighted by Gasteiger charge is -2.23. The van der Waals surface area contributed by atoms with Crippen LogP contribution >= 0.6 is 12.4 Å².